The molecule has 1 aromatic heterocycles. The van der Waals surface area contributed by atoms with Crippen LogP contribution >= 0.6 is 0 Å². The Hall–Kier alpha value is -2.43. The number of ketones is 2. The number of aryl methyl sites for hydroxylation is 1. The topological polar surface area (TPSA) is 48.3 Å². The van der Waals surface area contributed by atoms with Crippen LogP contribution in [0.3, 0.4) is 0 Å². The number of benzene rings is 1. The third-order valence-corrected chi connectivity index (χ3v) is 2.91. The molecule has 0 N–H and O–H groups in total. The molecule has 0 aliphatic carbocycles. The van der Waals surface area contributed by atoms with Crippen molar-refractivity contribution in [3.05, 3.63) is 53.6 Å². The highest BCUT2D eigenvalue weighted by atomic mass is 19.1. The van der Waals surface area contributed by atoms with Crippen LogP contribution in [0.2, 0.25) is 0 Å². The molecule has 0 radical (unpaired) electrons. The summed E-state index contributed by atoms with van der Waals surface area (Å²) < 4.78 is 20.1. The van der Waals surface area contributed by atoms with Gasteiger partial charge in [0.25, 0.3) is 0 Å². The monoisotopic (exact) mass is 275 g/mol. The number of hydrogen-bond acceptors (Lipinski definition) is 3. The molecule has 0 aliphatic rings. The summed E-state index contributed by atoms with van der Waals surface area (Å²) in [5, 5.41) is 0. The first-order chi connectivity index (χ1) is 9.49. The van der Waals surface area contributed by atoms with Crippen LogP contribution in [-0.4, -0.2) is 22.7 Å². The molecule has 0 saturated carbocycles. The number of ether oxygens (including phenoxy) is 1. The maximum Gasteiger partial charge on any atom is 0.216 e. The van der Waals surface area contributed by atoms with Gasteiger partial charge in [0.05, 0.1) is 11.3 Å². The molecule has 20 heavy (non-hydrogen) atoms. The van der Waals surface area contributed by atoms with Crippen LogP contribution in [0.4, 0.5) is 4.39 Å². The van der Waals surface area contributed by atoms with E-state index in [1.54, 1.807) is 29.9 Å². The number of carbonyl (C=O) groups excluding carboxylic acids is 2. The van der Waals surface area contributed by atoms with E-state index in [4.69, 9.17) is 4.74 Å². The van der Waals surface area contributed by atoms with Crippen molar-refractivity contribution in [2.45, 2.75) is 6.92 Å². The van der Waals surface area contributed by atoms with Gasteiger partial charge in [-0.1, -0.05) is 0 Å². The summed E-state index contributed by atoms with van der Waals surface area (Å²) in [5.41, 5.74) is 0.640. The highest BCUT2D eigenvalue weighted by Gasteiger charge is 2.14. The van der Waals surface area contributed by atoms with Gasteiger partial charge in [0.2, 0.25) is 5.78 Å². The normalized spacial score (nSPS) is 10.3. The zero-order valence-electron chi connectivity index (χ0n) is 11.2. The van der Waals surface area contributed by atoms with Gasteiger partial charge in [-0.05, 0) is 37.3 Å². The number of Topliss-reactive ketones (excluding diaryl/α,β-unsaturated/α-hetero) is 2. The maximum absolute atomic E-state index is 13.1. The minimum atomic E-state index is -0.517. The molecule has 2 rings (SSSR count). The molecular formula is C15H14FNO3. The van der Waals surface area contributed by atoms with Crippen LogP contribution < -0.4 is 4.74 Å². The van der Waals surface area contributed by atoms with Crippen LogP contribution in [0.25, 0.3) is 0 Å². The molecule has 1 heterocycles. The van der Waals surface area contributed by atoms with Crippen molar-refractivity contribution in [1.29, 1.82) is 0 Å². The first-order valence-electron chi connectivity index (χ1n) is 6.07. The van der Waals surface area contributed by atoms with E-state index in [1.165, 1.54) is 19.1 Å². The summed E-state index contributed by atoms with van der Waals surface area (Å²) in [4.78, 5) is 23.4. The van der Waals surface area contributed by atoms with Gasteiger partial charge in [0.15, 0.2) is 12.4 Å². The zero-order valence-corrected chi connectivity index (χ0v) is 11.2. The fourth-order valence-corrected chi connectivity index (χ4v) is 1.87. The molecule has 1 aromatic carbocycles. The Balaban J connectivity index is 2.14. The van der Waals surface area contributed by atoms with Crippen LogP contribution in [0.15, 0.2) is 36.5 Å². The number of aromatic nitrogens is 1. The van der Waals surface area contributed by atoms with Gasteiger partial charge in [-0.3, -0.25) is 9.59 Å². The van der Waals surface area contributed by atoms with Crippen molar-refractivity contribution in [3.8, 4) is 5.75 Å². The molecule has 0 fully saturated rings. The molecule has 0 atom stereocenters. The summed E-state index contributed by atoms with van der Waals surface area (Å²) in [6, 6.07) is 7.08. The van der Waals surface area contributed by atoms with Gasteiger partial charge in [0, 0.05) is 13.2 Å². The van der Waals surface area contributed by atoms with Gasteiger partial charge in [-0.25, -0.2) is 4.39 Å². The molecule has 2 aromatic rings. The third-order valence-electron chi connectivity index (χ3n) is 2.91. The Bertz CT molecular complexity index is 661. The van der Waals surface area contributed by atoms with E-state index in [9.17, 15) is 14.0 Å². The van der Waals surface area contributed by atoms with Crippen LogP contribution in [0.1, 0.15) is 27.8 Å². The minimum Gasteiger partial charge on any atom is -0.485 e. The average Bonchev–Trinajstić information content (AvgIpc) is 2.83. The first-order valence-corrected chi connectivity index (χ1v) is 6.07. The summed E-state index contributed by atoms with van der Waals surface area (Å²) in [5.74, 6) is -0.833. The van der Waals surface area contributed by atoms with Crippen molar-refractivity contribution in [2.24, 2.45) is 7.05 Å². The fraction of sp³-hybridized carbons (Fsp3) is 0.200. The standard InChI is InChI=1S/C15H14FNO3/c1-10(18)12-8-11(16)5-6-15(12)20-9-14(19)13-4-3-7-17(13)2/h3-8H,9H2,1-2H3. The van der Waals surface area contributed by atoms with Crippen molar-refractivity contribution in [1.82, 2.24) is 4.57 Å². The molecule has 0 saturated heterocycles. The van der Waals surface area contributed by atoms with Crippen LogP contribution in [-0.2, 0) is 7.05 Å². The van der Waals surface area contributed by atoms with Gasteiger partial charge in [-0.2, -0.15) is 0 Å². The van der Waals surface area contributed by atoms with Crippen LogP contribution in [0, 0.1) is 5.82 Å². The van der Waals surface area contributed by atoms with Crippen molar-refractivity contribution >= 4 is 11.6 Å². The highest BCUT2D eigenvalue weighted by molar-refractivity contribution is 5.98. The second-order valence-electron chi connectivity index (χ2n) is 4.41. The highest BCUT2D eigenvalue weighted by Crippen LogP contribution is 2.20. The SMILES string of the molecule is CC(=O)c1cc(F)ccc1OCC(=O)c1cccn1C. The second kappa shape index (κ2) is 5.69. The Labute approximate surface area is 115 Å². The van der Waals surface area contributed by atoms with Gasteiger partial charge >= 0.3 is 0 Å². The van der Waals surface area contributed by atoms with E-state index >= 15 is 0 Å². The van der Waals surface area contributed by atoms with E-state index in [0.29, 0.717) is 5.69 Å². The lowest BCUT2D eigenvalue weighted by Gasteiger charge is -2.09. The number of hydrogen-bond donors (Lipinski definition) is 0. The van der Waals surface area contributed by atoms with Crippen molar-refractivity contribution < 1.29 is 18.7 Å². The van der Waals surface area contributed by atoms with Crippen LogP contribution in [0.5, 0.6) is 5.75 Å². The predicted octanol–water partition coefficient (Wildman–Crippen LogP) is 2.63. The Kier molecular flexibility index (Phi) is 3.98. The van der Waals surface area contributed by atoms with Crippen molar-refractivity contribution in [3.63, 3.8) is 0 Å². The predicted molar refractivity (Wildman–Crippen MR) is 71.6 cm³/mol. The Morgan fingerprint density at radius 3 is 2.65 bits per heavy atom. The first kappa shape index (κ1) is 14.0. The van der Waals surface area contributed by atoms with Gasteiger partial charge in [-0.15, -0.1) is 0 Å². The summed E-state index contributed by atoms with van der Waals surface area (Å²) >= 11 is 0. The molecular weight excluding hydrogens is 261 g/mol. The second-order valence-corrected chi connectivity index (χ2v) is 4.41. The quantitative estimate of drug-likeness (QED) is 0.788. The number of halogens is 1. The fourth-order valence-electron chi connectivity index (χ4n) is 1.87. The lowest BCUT2D eigenvalue weighted by molar-refractivity contribution is 0.0905. The number of nitrogens with zero attached hydrogens (tertiary/aromatic N) is 1. The Morgan fingerprint density at radius 2 is 2.05 bits per heavy atom. The molecule has 0 aliphatic heterocycles. The molecule has 104 valence electrons. The van der Waals surface area contributed by atoms with E-state index in [2.05, 4.69) is 0 Å². The number of rotatable bonds is 5. The minimum absolute atomic E-state index is 0.129. The van der Waals surface area contributed by atoms with E-state index < -0.39 is 5.82 Å². The molecule has 5 heteroatoms. The molecule has 0 bridgehead atoms. The summed E-state index contributed by atoms with van der Waals surface area (Å²) in [6.45, 7) is 1.12. The molecule has 0 spiro atoms. The summed E-state index contributed by atoms with van der Waals surface area (Å²) in [7, 11) is 1.76. The lowest BCUT2D eigenvalue weighted by Crippen LogP contribution is -2.15. The molecule has 4 nitrogen and oxygen atoms in total. The third kappa shape index (κ3) is 2.93. The van der Waals surface area contributed by atoms with Gasteiger partial charge in [0.1, 0.15) is 11.6 Å². The van der Waals surface area contributed by atoms with Crippen molar-refractivity contribution in [2.75, 3.05) is 6.61 Å². The summed E-state index contributed by atoms with van der Waals surface area (Å²) in [6.07, 6.45) is 1.76. The Morgan fingerprint density at radius 1 is 1.30 bits per heavy atom. The largest absolute Gasteiger partial charge is 0.485 e. The lowest BCUT2D eigenvalue weighted by atomic mass is 10.1. The van der Waals surface area contributed by atoms with E-state index in [-0.39, 0.29) is 29.5 Å². The van der Waals surface area contributed by atoms with Gasteiger partial charge < -0.3 is 9.30 Å². The van der Waals surface area contributed by atoms with E-state index in [1.807, 2.05) is 0 Å². The van der Waals surface area contributed by atoms with E-state index in [0.717, 1.165) is 6.07 Å². The average molecular weight is 275 g/mol. The number of carbonyl (C=O) groups is 2. The maximum atomic E-state index is 13.1. The molecule has 0 unspecified atom stereocenters. The molecule has 0 amide bonds. The smallest absolute Gasteiger partial charge is 0.216 e. The zero-order chi connectivity index (χ0) is 14.7.